The minimum atomic E-state index is -0.0818. The van der Waals surface area contributed by atoms with Crippen LogP contribution in [0.15, 0.2) is 24.3 Å². The van der Waals surface area contributed by atoms with Gasteiger partial charge in [-0.05, 0) is 25.0 Å². The molecule has 1 aromatic rings. The molecular weight excluding hydrogens is 284 g/mol. The van der Waals surface area contributed by atoms with Gasteiger partial charge in [0.1, 0.15) is 0 Å². The van der Waals surface area contributed by atoms with Crippen molar-refractivity contribution in [1.82, 2.24) is 4.90 Å². The van der Waals surface area contributed by atoms with Crippen LogP contribution in [0.3, 0.4) is 0 Å². The molecule has 4 nitrogen and oxygen atoms in total. The summed E-state index contributed by atoms with van der Waals surface area (Å²) in [6.45, 7) is 7.45. The fourth-order valence-electron chi connectivity index (χ4n) is 2.28. The lowest BCUT2D eigenvalue weighted by Crippen LogP contribution is -2.45. The molecule has 0 unspecified atom stereocenters. The first-order valence-corrected chi connectivity index (χ1v) is 8.31. The standard InChI is InChI=1S/C16H22N2O2S/c1-11(2)15-10-18(7-8-21-15)16(20)17-14-6-4-5-13(9-14)12(3)19/h4-6,9,11,15H,7-8,10H2,1-3H3,(H,17,20)/t15-/m1/s1. The number of carbonyl (C=O) groups excluding carboxylic acids is 2. The smallest absolute Gasteiger partial charge is 0.321 e. The summed E-state index contributed by atoms with van der Waals surface area (Å²) < 4.78 is 0. The van der Waals surface area contributed by atoms with Crippen molar-refractivity contribution in [2.75, 3.05) is 24.2 Å². The lowest BCUT2D eigenvalue weighted by Gasteiger charge is -2.34. The van der Waals surface area contributed by atoms with E-state index in [0.717, 1.165) is 18.8 Å². The maximum absolute atomic E-state index is 12.3. The third kappa shape index (κ3) is 4.24. The normalized spacial score (nSPS) is 18.7. The molecule has 2 rings (SSSR count). The lowest BCUT2D eigenvalue weighted by atomic mass is 10.1. The van der Waals surface area contributed by atoms with E-state index < -0.39 is 0 Å². The second kappa shape index (κ2) is 6.98. The van der Waals surface area contributed by atoms with Crippen molar-refractivity contribution in [2.45, 2.75) is 26.0 Å². The number of amides is 2. The predicted molar refractivity (Wildman–Crippen MR) is 88.1 cm³/mol. The zero-order valence-corrected chi connectivity index (χ0v) is 13.6. The number of Topliss-reactive ketones (excluding diaryl/α,β-unsaturated/α-hetero) is 1. The van der Waals surface area contributed by atoms with Gasteiger partial charge in [0, 0.05) is 35.3 Å². The van der Waals surface area contributed by atoms with Gasteiger partial charge >= 0.3 is 6.03 Å². The van der Waals surface area contributed by atoms with E-state index in [-0.39, 0.29) is 11.8 Å². The van der Waals surface area contributed by atoms with Crippen LogP contribution in [0.4, 0.5) is 10.5 Å². The number of rotatable bonds is 3. The molecule has 1 N–H and O–H groups in total. The van der Waals surface area contributed by atoms with E-state index in [2.05, 4.69) is 19.2 Å². The molecule has 21 heavy (non-hydrogen) atoms. The first kappa shape index (κ1) is 15.9. The van der Waals surface area contributed by atoms with Crippen molar-refractivity contribution in [2.24, 2.45) is 5.92 Å². The van der Waals surface area contributed by atoms with Crippen molar-refractivity contribution in [3.63, 3.8) is 0 Å². The Balaban J connectivity index is 2.01. The first-order valence-electron chi connectivity index (χ1n) is 7.26. The molecule has 1 saturated heterocycles. The average molecular weight is 306 g/mol. The number of benzene rings is 1. The summed E-state index contributed by atoms with van der Waals surface area (Å²) in [7, 11) is 0. The summed E-state index contributed by atoms with van der Waals surface area (Å²) in [5.41, 5.74) is 1.29. The maximum Gasteiger partial charge on any atom is 0.321 e. The number of hydrogen-bond acceptors (Lipinski definition) is 3. The van der Waals surface area contributed by atoms with E-state index >= 15 is 0 Å². The zero-order valence-electron chi connectivity index (χ0n) is 12.8. The molecule has 1 fully saturated rings. The molecule has 1 aliphatic heterocycles. The number of ketones is 1. The Kier molecular flexibility index (Phi) is 5.28. The summed E-state index contributed by atoms with van der Waals surface area (Å²) in [5.74, 6) is 1.54. The molecule has 1 atom stereocenters. The van der Waals surface area contributed by atoms with Crippen LogP contribution >= 0.6 is 11.8 Å². The van der Waals surface area contributed by atoms with E-state index in [1.807, 2.05) is 22.7 Å². The van der Waals surface area contributed by atoms with Crippen LogP contribution in [0.2, 0.25) is 0 Å². The van der Waals surface area contributed by atoms with Crippen LogP contribution in [0.25, 0.3) is 0 Å². The molecule has 0 radical (unpaired) electrons. The van der Waals surface area contributed by atoms with Gasteiger partial charge in [-0.2, -0.15) is 11.8 Å². The number of thioether (sulfide) groups is 1. The Morgan fingerprint density at radius 3 is 2.81 bits per heavy atom. The summed E-state index contributed by atoms with van der Waals surface area (Å²) in [6.07, 6.45) is 0. The van der Waals surface area contributed by atoms with Gasteiger partial charge in [0.15, 0.2) is 5.78 Å². The highest BCUT2D eigenvalue weighted by Crippen LogP contribution is 2.25. The second-order valence-corrected chi connectivity index (χ2v) is 7.01. The molecule has 0 spiro atoms. The van der Waals surface area contributed by atoms with E-state index in [4.69, 9.17) is 0 Å². The highest BCUT2D eigenvalue weighted by molar-refractivity contribution is 8.00. The van der Waals surface area contributed by atoms with Gasteiger partial charge in [-0.1, -0.05) is 26.0 Å². The lowest BCUT2D eigenvalue weighted by molar-refractivity contribution is 0.101. The molecule has 0 bridgehead atoms. The largest absolute Gasteiger partial charge is 0.323 e. The highest BCUT2D eigenvalue weighted by Gasteiger charge is 2.26. The summed E-state index contributed by atoms with van der Waals surface area (Å²) in [6, 6.07) is 6.99. The molecule has 0 saturated carbocycles. The van der Waals surface area contributed by atoms with Crippen molar-refractivity contribution in [1.29, 1.82) is 0 Å². The first-order chi connectivity index (χ1) is 9.97. The minimum Gasteiger partial charge on any atom is -0.323 e. The molecule has 114 valence electrons. The SMILES string of the molecule is CC(=O)c1cccc(NC(=O)N2CCS[C@@H](C(C)C)C2)c1. The Hall–Kier alpha value is -1.49. The Bertz CT molecular complexity index is 531. The summed E-state index contributed by atoms with van der Waals surface area (Å²) in [4.78, 5) is 25.6. The Labute approximate surface area is 130 Å². The Morgan fingerprint density at radius 2 is 2.14 bits per heavy atom. The van der Waals surface area contributed by atoms with Gasteiger partial charge in [0.25, 0.3) is 0 Å². The number of carbonyl (C=O) groups is 2. The fraction of sp³-hybridized carbons (Fsp3) is 0.500. The van der Waals surface area contributed by atoms with Gasteiger partial charge in [-0.15, -0.1) is 0 Å². The van der Waals surface area contributed by atoms with Crippen molar-refractivity contribution in [3.8, 4) is 0 Å². The Morgan fingerprint density at radius 1 is 1.38 bits per heavy atom. The number of urea groups is 1. The van der Waals surface area contributed by atoms with E-state index in [0.29, 0.717) is 22.4 Å². The average Bonchev–Trinajstić information content (AvgIpc) is 2.47. The van der Waals surface area contributed by atoms with Crippen LogP contribution in [0.5, 0.6) is 0 Å². The van der Waals surface area contributed by atoms with Crippen LogP contribution in [0, 0.1) is 5.92 Å². The molecule has 0 aliphatic carbocycles. The van der Waals surface area contributed by atoms with Crippen LogP contribution in [-0.4, -0.2) is 40.8 Å². The molecular formula is C16H22N2O2S. The van der Waals surface area contributed by atoms with Gasteiger partial charge in [-0.25, -0.2) is 4.79 Å². The number of nitrogens with one attached hydrogen (secondary N) is 1. The molecule has 1 aliphatic rings. The van der Waals surface area contributed by atoms with Crippen molar-refractivity contribution in [3.05, 3.63) is 29.8 Å². The molecule has 1 aromatic carbocycles. The predicted octanol–water partition coefficient (Wildman–Crippen LogP) is 3.49. The van der Waals surface area contributed by atoms with Crippen molar-refractivity contribution >= 4 is 29.3 Å². The maximum atomic E-state index is 12.3. The topological polar surface area (TPSA) is 49.4 Å². The van der Waals surface area contributed by atoms with Crippen LogP contribution in [-0.2, 0) is 0 Å². The molecule has 0 aromatic heterocycles. The monoisotopic (exact) mass is 306 g/mol. The van der Waals surface area contributed by atoms with E-state index in [9.17, 15) is 9.59 Å². The zero-order chi connectivity index (χ0) is 15.4. The number of hydrogen-bond donors (Lipinski definition) is 1. The highest BCUT2D eigenvalue weighted by atomic mass is 32.2. The van der Waals surface area contributed by atoms with E-state index in [1.165, 1.54) is 6.92 Å². The van der Waals surface area contributed by atoms with Gasteiger partial charge in [-0.3, -0.25) is 4.79 Å². The quantitative estimate of drug-likeness (QED) is 0.870. The van der Waals surface area contributed by atoms with Crippen LogP contribution in [0.1, 0.15) is 31.1 Å². The second-order valence-electron chi connectivity index (χ2n) is 5.67. The van der Waals surface area contributed by atoms with Gasteiger partial charge < -0.3 is 10.2 Å². The van der Waals surface area contributed by atoms with Crippen LogP contribution < -0.4 is 5.32 Å². The minimum absolute atomic E-state index is 0.000318. The van der Waals surface area contributed by atoms with E-state index in [1.54, 1.807) is 18.2 Å². The third-order valence-corrected chi connectivity index (χ3v) is 5.18. The van der Waals surface area contributed by atoms with Gasteiger partial charge in [0.05, 0.1) is 0 Å². The fourth-order valence-corrected chi connectivity index (χ4v) is 3.58. The summed E-state index contributed by atoms with van der Waals surface area (Å²) >= 11 is 1.94. The van der Waals surface area contributed by atoms with Crippen molar-refractivity contribution < 1.29 is 9.59 Å². The number of nitrogens with zero attached hydrogens (tertiary/aromatic N) is 1. The molecule has 5 heteroatoms. The third-order valence-electron chi connectivity index (χ3n) is 3.64. The van der Waals surface area contributed by atoms with Gasteiger partial charge in [0.2, 0.25) is 0 Å². The summed E-state index contributed by atoms with van der Waals surface area (Å²) in [5, 5.41) is 3.39. The number of anilines is 1. The molecule has 1 heterocycles. The molecule has 2 amide bonds.